The third-order valence-corrected chi connectivity index (χ3v) is 2.02. The van der Waals surface area contributed by atoms with Gasteiger partial charge in [0.05, 0.1) is 13.2 Å². The summed E-state index contributed by atoms with van der Waals surface area (Å²) in [6.07, 6.45) is 6.65. The Morgan fingerprint density at radius 3 is 3.15 bits per heavy atom. The van der Waals surface area contributed by atoms with Crippen molar-refractivity contribution >= 4 is 5.78 Å². The lowest BCUT2D eigenvalue weighted by Crippen LogP contribution is -2.42. The van der Waals surface area contributed by atoms with Crippen LogP contribution in [0.2, 0.25) is 0 Å². The summed E-state index contributed by atoms with van der Waals surface area (Å²) in [7, 11) is 0. The first kappa shape index (κ1) is 10.2. The van der Waals surface area contributed by atoms with Gasteiger partial charge < -0.3 is 10.1 Å². The van der Waals surface area contributed by atoms with Gasteiger partial charge >= 0.3 is 0 Å². The smallest absolute Gasteiger partial charge is 0.135 e. The molecule has 0 saturated carbocycles. The summed E-state index contributed by atoms with van der Waals surface area (Å²) < 4.78 is 5.23. The average Bonchev–Trinajstić information content (AvgIpc) is 2.16. The average molecular weight is 181 g/mol. The molecule has 72 valence electrons. The maximum Gasteiger partial charge on any atom is 0.135 e. The zero-order chi connectivity index (χ0) is 9.52. The largest absolute Gasteiger partial charge is 0.379 e. The number of hydrogen-bond acceptors (Lipinski definition) is 3. The van der Waals surface area contributed by atoms with Gasteiger partial charge in [0.2, 0.25) is 0 Å². The normalized spacial score (nSPS) is 22.2. The molecule has 0 spiro atoms. The number of ether oxygens (including phenoxy) is 1. The Hall–Kier alpha value is -0.850. The van der Waals surface area contributed by atoms with Crippen molar-refractivity contribution in [2.24, 2.45) is 0 Å². The van der Waals surface area contributed by atoms with Crippen LogP contribution in [0.4, 0.5) is 0 Å². The molecule has 0 aliphatic carbocycles. The van der Waals surface area contributed by atoms with E-state index in [9.17, 15) is 4.79 Å². The van der Waals surface area contributed by atoms with Gasteiger partial charge in [0.25, 0.3) is 0 Å². The fourth-order valence-electron chi connectivity index (χ4n) is 1.34. The van der Waals surface area contributed by atoms with Gasteiger partial charge in [-0.15, -0.1) is 12.3 Å². The van der Waals surface area contributed by atoms with Crippen LogP contribution in [0.25, 0.3) is 0 Å². The van der Waals surface area contributed by atoms with Crippen LogP contribution in [0.5, 0.6) is 0 Å². The Balaban J connectivity index is 2.15. The summed E-state index contributed by atoms with van der Waals surface area (Å²) in [6, 6.07) is 0.194. The number of morpholine rings is 1. The number of hydrogen-bond donors (Lipinski definition) is 1. The van der Waals surface area contributed by atoms with Gasteiger partial charge in [0.15, 0.2) is 0 Å². The molecule has 0 aromatic carbocycles. The summed E-state index contributed by atoms with van der Waals surface area (Å²) in [4.78, 5) is 11.3. The van der Waals surface area contributed by atoms with Gasteiger partial charge in [-0.2, -0.15) is 0 Å². The molecule has 1 rings (SSSR count). The summed E-state index contributed by atoms with van der Waals surface area (Å²) in [5.74, 6) is 2.69. The number of Topliss-reactive ketones (excluding diaryl/α,β-unsaturated/α-hetero) is 1. The van der Waals surface area contributed by atoms with E-state index >= 15 is 0 Å². The number of carbonyl (C=O) groups is 1. The highest BCUT2D eigenvalue weighted by atomic mass is 16.5. The Labute approximate surface area is 78.8 Å². The molecule has 3 heteroatoms. The monoisotopic (exact) mass is 181 g/mol. The molecule has 1 aliphatic rings. The molecule has 0 radical (unpaired) electrons. The van der Waals surface area contributed by atoms with Crippen LogP contribution in [0.15, 0.2) is 0 Å². The van der Waals surface area contributed by atoms with E-state index in [0.717, 1.165) is 13.2 Å². The minimum atomic E-state index is 0.194. The number of terminal acetylenes is 1. The topological polar surface area (TPSA) is 38.3 Å². The van der Waals surface area contributed by atoms with Crippen molar-refractivity contribution in [3.05, 3.63) is 0 Å². The fourth-order valence-corrected chi connectivity index (χ4v) is 1.34. The Morgan fingerprint density at radius 2 is 2.54 bits per heavy atom. The Kier molecular flexibility index (Phi) is 4.52. The first-order valence-corrected chi connectivity index (χ1v) is 4.59. The molecule has 0 aromatic heterocycles. The molecule has 1 saturated heterocycles. The highest BCUT2D eigenvalue weighted by Gasteiger charge is 2.15. The van der Waals surface area contributed by atoms with E-state index in [2.05, 4.69) is 11.2 Å². The van der Waals surface area contributed by atoms with Crippen LogP contribution in [0.1, 0.15) is 19.3 Å². The zero-order valence-corrected chi connectivity index (χ0v) is 7.71. The van der Waals surface area contributed by atoms with Crippen molar-refractivity contribution in [3.8, 4) is 12.3 Å². The minimum Gasteiger partial charge on any atom is -0.379 e. The van der Waals surface area contributed by atoms with Crippen molar-refractivity contribution in [2.75, 3.05) is 19.8 Å². The number of rotatable bonds is 4. The van der Waals surface area contributed by atoms with Crippen LogP contribution < -0.4 is 5.32 Å². The van der Waals surface area contributed by atoms with E-state index in [-0.39, 0.29) is 11.8 Å². The predicted molar refractivity (Wildman–Crippen MR) is 50.3 cm³/mol. The van der Waals surface area contributed by atoms with Crippen LogP contribution >= 0.6 is 0 Å². The highest BCUT2D eigenvalue weighted by molar-refractivity contribution is 5.79. The van der Waals surface area contributed by atoms with Crippen LogP contribution in [-0.2, 0) is 9.53 Å². The van der Waals surface area contributed by atoms with Gasteiger partial charge in [-0.1, -0.05) is 0 Å². The van der Waals surface area contributed by atoms with E-state index in [1.54, 1.807) is 0 Å². The van der Waals surface area contributed by atoms with Gasteiger partial charge in [0.1, 0.15) is 5.78 Å². The summed E-state index contributed by atoms with van der Waals surface area (Å²) in [6.45, 7) is 2.23. The Bertz CT molecular complexity index is 201. The molecule has 0 bridgehead atoms. The third-order valence-electron chi connectivity index (χ3n) is 2.02. The van der Waals surface area contributed by atoms with Crippen LogP contribution in [0.3, 0.4) is 0 Å². The molecular formula is C10H15NO2. The molecule has 1 atom stereocenters. The van der Waals surface area contributed by atoms with Crippen LogP contribution in [0, 0.1) is 12.3 Å². The van der Waals surface area contributed by atoms with Crippen molar-refractivity contribution in [1.29, 1.82) is 0 Å². The SMILES string of the molecule is C#CCCC(=O)CC1COCCN1. The first-order valence-electron chi connectivity index (χ1n) is 4.59. The second-order valence-corrected chi connectivity index (χ2v) is 3.17. The highest BCUT2D eigenvalue weighted by Crippen LogP contribution is 2.02. The Morgan fingerprint density at radius 1 is 1.69 bits per heavy atom. The lowest BCUT2D eigenvalue weighted by atomic mass is 10.1. The number of nitrogens with one attached hydrogen (secondary N) is 1. The van der Waals surface area contributed by atoms with Crippen molar-refractivity contribution < 1.29 is 9.53 Å². The summed E-state index contributed by atoms with van der Waals surface area (Å²) in [5, 5.41) is 3.23. The maximum atomic E-state index is 11.3. The van der Waals surface area contributed by atoms with Gasteiger partial charge in [-0.05, 0) is 0 Å². The molecule has 1 heterocycles. The van der Waals surface area contributed by atoms with E-state index < -0.39 is 0 Å². The van der Waals surface area contributed by atoms with E-state index in [0.29, 0.717) is 25.9 Å². The number of carbonyl (C=O) groups excluding carboxylic acids is 1. The van der Waals surface area contributed by atoms with Crippen LogP contribution in [-0.4, -0.2) is 31.6 Å². The van der Waals surface area contributed by atoms with Gasteiger partial charge in [-0.25, -0.2) is 0 Å². The molecule has 1 N–H and O–H groups in total. The lowest BCUT2D eigenvalue weighted by molar-refractivity contribution is -0.120. The molecule has 1 aliphatic heterocycles. The first-order chi connectivity index (χ1) is 6.33. The van der Waals surface area contributed by atoms with Crippen molar-refractivity contribution in [1.82, 2.24) is 5.32 Å². The third kappa shape index (κ3) is 4.07. The molecular weight excluding hydrogens is 166 g/mol. The molecule has 3 nitrogen and oxygen atoms in total. The molecule has 1 unspecified atom stereocenters. The molecule has 0 aromatic rings. The minimum absolute atomic E-state index is 0.194. The number of ketones is 1. The van der Waals surface area contributed by atoms with Gasteiger partial charge in [0, 0.05) is 31.8 Å². The summed E-state index contributed by atoms with van der Waals surface area (Å²) in [5.41, 5.74) is 0. The maximum absolute atomic E-state index is 11.3. The van der Waals surface area contributed by atoms with Gasteiger partial charge in [-0.3, -0.25) is 4.79 Å². The lowest BCUT2D eigenvalue weighted by Gasteiger charge is -2.22. The quantitative estimate of drug-likeness (QED) is 0.636. The molecule has 13 heavy (non-hydrogen) atoms. The second-order valence-electron chi connectivity index (χ2n) is 3.17. The van der Waals surface area contributed by atoms with E-state index in [1.807, 2.05) is 0 Å². The van der Waals surface area contributed by atoms with E-state index in [1.165, 1.54) is 0 Å². The summed E-state index contributed by atoms with van der Waals surface area (Å²) >= 11 is 0. The standard InChI is InChI=1S/C10H15NO2/c1-2-3-4-10(12)7-9-8-13-6-5-11-9/h1,9,11H,3-8H2. The van der Waals surface area contributed by atoms with Crippen molar-refractivity contribution in [2.45, 2.75) is 25.3 Å². The van der Waals surface area contributed by atoms with Crippen molar-refractivity contribution in [3.63, 3.8) is 0 Å². The zero-order valence-electron chi connectivity index (χ0n) is 7.71. The molecule has 1 fully saturated rings. The fraction of sp³-hybridized carbons (Fsp3) is 0.700. The van der Waals surface area contributed by atoms with E-state index in [4.69, 9.17) is 11.2 Å². The second kappa shape index (κ2) is 5.74. The molecule has 0 amide bonds. The predicted octanol–water partition coefficient (Wildman–Crippen LogP) is 0.347.